The van der Waals surface area contributed by atoms with E-state index >= 15 is 0 Å². The Balaban J connectivity index is 1.77. The Hall–Kier alpha value is -3.29. The van der Waals surface area contributed by atoms with Gasteiger partial charge in [0.2, 0.25) is 10.0 Å². The van der Waals surface area contributed by atoms with E-state index in [9.17, 15) is 27.3 Å². The van der Waals surface area contributed by atoms with Gasteiger partial charge < -0.3 is 20.8 Å². The van der Waals surface area contributed by atoms with Gasteiger partial charge in [0, 0.05) is 37.1 Å². The first-order valence-electron chi connectivity index (χ1n) is 10.7. The molecule has 1 aromatic rings. The number of alkyl halides is 2. The number of halogens is 2. The van der Waals surface area contributed by atoms with E-state index in [4.69, 9.17) is 21.3 Å². The van der Waals surface area contributed by atoms with Crippen molar-refractivity contribution in [1.29, 1.82) is 16.1 Å². The molecule has 1 amide bonds. The van der Waals surface area contributed by atoms with Gasteiger partial charge in [-0.05, 0) is 36.7 Å². The SMILES string of the molecule is N#CC1(NS(=O)(=O)c2cc(N=C(N)SC(=N)C(F)F)c(C=N)c(N3CCN4C(=O)OC[C@H]4C3)c2)CC1. The Kier molecular flexibility index (Phi) is 6.90. The summed E-state index contributed by atoms with van der Waals surface area (Å²) in [6.07, 6.45) is -1.85. The second-order valence-electron chi connectivity index (χ2n) is 8.41. The molecular formula is C20H22F2N8O4S2. The van der Waals surface area contributed by atoms with Crippen molar-refractivity contribution < 1.29 is 26.7 Å². The van der Waals surface area contributed by atoms with Gasteiger partial charge in [0.05, 0.1) is 22.7 Å². The highest BCUT2D eigenvalue weighted by atomic mass is 32.2. The van der Waals surface area contributed by atoms with Crippen LogP contribution in [0.4, 0.5) is 25.0 Å². The molecule has 2 saturated heterocycles. The molecule has 5 N–H and O–H groups in total. The fraction of sp³-hybridized carbons (Fsp3) is 0.450. The number of carbonyl (C=O) groups excluding carboxylic acids is 1. The maximum Gasteiger partial charge on any atom is 0.410 e. The molecule has 0 spiro atoms. The van der Waals surface area contributed by atoms with Crippen LogP contribution in [-0.4, -0.2) is 80.1 Å². The highest BCUT2D eigenvalue weighted by Gasteiger charge is 2.47. The van der Waals surface area contributed by atoms with Crippen molar-refractivity contribution >= 4 is 55.7 Å². The second-order valence-corrected chi connectivity index (χ2v) is 11.2. The zero-order valence-corrected chi connectivity index (χ0v) is 20.3. The first-order chi connectivity index (χ1) is 17.0. The Labute approximate surface area is 209 Å². The normalized spacial score (nSPS) is 21.1. The first-order valence-corrected chi connectivity index (χ1v) is 13.0. The van der Waals surface area contributed by atoms with Crippen LogP contribution in [0.5, 0.6) is 0 Å². The number of carbonyl (C=O) groups is 1. The summed E-state index contributed by atoms with van der Waals surface area (Å²) in [6.45, 7) is 1.05. The lowest BCUT2D eigenvalue weighted by Gasteiger charge is -2.37. The van der Waals surface area contributed by atoms with Gasteiger partial charge in [-0.15, -0.1) is 0 Å². The van der Waals surface area contributed by atoms with Crippen LogP contribution in [0.1, 0.15) is 18.4 Å². The summed E-state index contributed by atoms with van der Waals surface area (Å²) in [4.78, 5) is 19.0. The van der Waals surface area contributed by atoms with Crippen LogP contribution in [0.15, 0.2) is 22.0 Å². The van der Waals surface area contributed by atoms with Crippen molar-refractivity contribution in [2.45, 2.75) is 35.7 Å². The quantitative estimate of drug-likeness (QED) is 0.296. The number of nitriles is 1. The molecule has 12 nitrogen and oxygen atoms in total. The fourth-order valence-corrected chi connectivity index (χ4v) is 5.81. The molecule has 1 atom stereocenters. The average molecular weight is 541 g/mol. The van der Waals surface area contributed by atoms with Gasteiger partial charge in [0.1, 0.15) is 17.2 Å². The molecule has 0 bridgehead atoms. The van der Waals surface area contributed by atoms with Crippen LogP contribution in [0, 0.1) is 22.1 Å². The van der Waals surface area contributed by atoms with Crippen LogP contribution in [0.25, 0.3) is 0 Å². The number of amides is 1. The zero-order valence-electron chi connectivity index (χ0n) is 18.7. The molecule has 4 rings (SSSR count). The first kappa shape index (κ1) is 25.8. The molecule has 0 aromatic heterocycles. The van der Waals surface area contributed by atoms with Crippen molar-refractivity contribution in [3.63, 3.8) is 0 Å². The van der Waals surface area contributed by atoms with Crippen molar-refractivity contribution in [3.05, 3.63) is 17.7 Å². The number of aliphatic imine (C=N–C) groups is 1. The van der Waals surface area contributed by atoms with E-state index in [0.29, 0.717) is 31.6 Å². The molecule has 1 aromatic carbocycles. The number of piperazine rings is 1. The number of hydrogen-bond donors (Lipinski definition) is 4. The molecule has 3 aliphatic rings. The standard InChI is InChI=1S/C20H22F2N8O4S2/c21-16(22)17(25)35-18(26)27-14-5-12(36(32,33)28-20(10-24)1-2-20)6-15(13(14)7-23)29-3-4-30-11(8-29)9-34-19(30)31/h5-7,11,16,23,25,28H,1-4,8-9H2,(H2,26,27)/t11-/m1/s1. The molecule has 3 fully saturated rings. The highest BCUT2D eigenvalue weighted by molar-refractivity contribution is 8.26. The topological polar surface area (TPSA) is 189 Å². The number of amidine groups is 1. The summed E-state index contributed by atoms with van der Waals surface area (Å²) in [7, 11) is -4.22. The number of nitrogens with two attached hydrogens (primary N) is 1. The van der Waals surface area contributed by atoms with E-state index in [1.165, 1.54) is 6.07 Å². The summed E-state index contributed by atoms with van der Waals surface area (Å²) >= 11 is 0.216. The molecule has 1 saturated carbocycles. The number of nitrogens with zero attached hydrogens (tertiary/aromatic N) is 4. The third-order valence-corrected chi connectivity index (χ3v) is 8.17. The smallest absolute Gasteiger partial charge is 0.410 e. The van der Waals surface area contributed by atoms with Gasteiger partial charge in [-0.25, -0.2) is 27.0 Å². The lowest BCUT2D eigenvalue weighted by molar-refractivity contribution is 0.157. The minimum Gasteiger partial charge on any atom is -0.447 e. The predicted octanol–water partition coefficient (Wildman–Crippen LogP) is 1.58. The molecule has 192 valence electrons. The number of hydrogen-bond acceptors (Lipinski definition) is 10. The van der Waals surface area contributed by atoms with Crippen LogP contribution in [0.3, 0.4) is 0 Å². The van der Waals surface area contributed by atoms with Gasteiger partial charge in [0.25, 0.3) is 6.43 Å². The minimum absolute atomic E-state index is 0.0853. The Morgan fingerprint density at radius 1 is 1.42 bits per heavy atom. The van der Waals surface area contributed by atoms with Crippen molar-refractivity contribution in [2.24, 2.45) is 10.7 Å². The Morgan fingerprint density at radius 2 is 2.14 bits per heavy atom. The van der Waals surface area contributed by atoms with Crippen LogP contribution < -0.4 is 15.4 Å². The minimum atomic E-state index is -4.22. The van der Waals surface area contributed by atoms with Crippen LogP contribution in [-0.2, 0) is 14.8 Å². The monoisotopic (exact) mass is 540 g/mol. The van der Waals surface area contributed by atoms with Gasteiger partial charge >= 0.3 is 6.09 Å². The number of thioether (sulfide) groups is 1. The predicted molar refractivity (Wildman–Crippen MR) is 129 cm³/mol. The van der Waals surface area contributed by atoms with Gasteiger partial charge in [-0.3, -0.25) is 10.3 Å². The Morgan fingerprint density at radius 3 is 2.75 bits per heavy atom. The molecular weight excluding hydrogens is 518 g/mol. The van der Waals surface area contributed by atoms with Crippen LogP contribution >= 0.6 is 11.8 Å². The summed E-state index contributed by atoms with van der Waals surface area (Å²) in [5.41, 5.74) is 4.94. The number of cyclic esters (lactones) is 1. The Bertz CT molecular complexity index is 1290. The van der Waals surface area contributed by atoms with Crippen molar-refractivity contribution in [3.8, 4) is 6.07 Å². The third kappa shape index (κ3) is 5.13. The van der Waals surface area contributed by atoms with E-state index in [1.54, 1.807) is 9.80 Å². The summed E-state index contributed by atoms with van der Waals surface area (Å²) in [5.74, 6) is 0. The van der Waals surface area contributed by atoms with E-state index in [0.717, 1.165) is 12.3 Å². The maximum atomic E-state index is 13.2. The molecule has 36 heavy (non-hydrogen) atoms. The van der Waals surface area contributed by atoms with Crippen molar-refractivity contribution in [1.82, 2.24) is 9.62 Å². The molecule has 0 radical (unpaired) electrons. The number of fused-ring (bicyclic) bond motifs is 1. The molecule has 16 heteroatoms. The van der Waals surface area contributed by atoms with Crippen molar-refractivity contribution in [2.75, 3.05) is 31.1 Å². The number of rotatable bonds is 7. The van der Waals surface area contributed by atoms with Crippen LogP contribution in [0.2, 0.25) is 0 Å². The van der Waals surface area contributed by atoms with E-state index in [1.807, 2.05) is 6.07 Å². The number of benzene rings is 1. The average Bonchev–Trinajstić information content (AvgIpc) is 3.50. The van der Waals surface area contributed by atoms with Gasteiger partial charge in [-0.1, -0.05) is 0 Å². The maximum absolute atomic E-state index is 13.2. The lowest BCUT2D eigenvalue weighted by atomic mass is 10.1. The highest BCUT2D eigenvalue weighted by Crippen LogP contribution is 2.38. The molecule has 2 aliphatic heterocycles. The summed E-state index contributed by atoms with van der Waals surface area (Å²) in [6, 6.07) is 4.15. The molecule has 1 aliphatic carbocycles. The van der Waals surface area contributed by atoms with E-state index in [-0.39, 0.29) is 47.1 Å². The fourth-order valence-electron chi connectivity index (χ4n) is 3.94. The number of anilines is 1. The largest absolute Gasteiger partial charge is 0.447 e. The zero-order chi connectivity index (χ0) is 26.3. The van der Waals surface area contributed by atoms with E-state index < -0.39 is 38.3 Å². The lowest BCUT2D eigenvalue weighted by Crippen LogP contribution is -2.52. The summed E-state index contributed by atoms with van der Waals surface area (Å²) in [5, 5.41) is 23.1. The number of ether oxygens (including phenoxy) is 1. The third-order valence-electron chi connectivity index (χ3n) is 5.96. The number of sulfonamides is 1. The number of nitrogens with one attached hydrogen (secondary N) is 3. The van der Waals surface area contributed by atoms with E-state index in [2.05, 4.69) is 9.71 Å². The summed E-state index contributed by atoms with van der Waals surface area (Å²) < 4.78 is 59.4. The van der Waals surface area contributed by atoms with Gasteiger partial charge in [-0.2, -0.15) is 9.98 Å². The molecule has 0 unspecified atom stereocenters. The van der Waals surface area contributed by atoms with Gasteiger partial charge in [0.15, 0.2) is 5.17 Å². The second kappa shape index (κ2) is 9.64. The molecule has 2 heterocycles.